The van der Waals surface area contributed by atoms with Gasteiger partial charge in [0, 0.05) is 6.92 Å². The van der Waals surface area contributed by atoms with E-state index >= 15 is 0 Å². The van der Waals surface area contributed by atoms with Crippen LogP contribution in [0.15, 0.2) is 36.4 Å². The van der Waals surface area contributed by atoms with Gasteiger partial charge in [-0.25, -0.2) is 9.37 Å². The summed E-state index contributed by atoms with van der Waals surface area (Å²) in [6.07, 6.45) is 0. The Balaban J connectivity index is 2.49. The molecule has 0 aliphatic rings. The van der Waals surface area contributed by atoms with Gasteiger partial charge in [0.15, 0.2) is 0 Å². The number of anilines is 2. The zero-order valence-electron chi connectivity index (χ0n) is 11.0. The molecule has 21 heavy (non-hydrogen) atoms. The second-order valence-corrected chi connectivity index (χ2v) is 4.45. The monoisotopic (exact) mass is 295 g/mol. The van der Waals surface area contributed by atoms with Gasteiger partial charge in [-0.1, -0.05) is 12.1 Å². The summed E-state index contributed by atoms with van der Waals surface area (Å²) in [7, 11) is 0. The standard InChI is InChI=1S/C14H12F3N3O/c1-14(16,17)11-7-6-8(12(18)21)13(20-11)19-10-5-3-2-4-9(10)15/h2-7H,1H3,(H2,18,21)(H,19,20). The van der Waals surface area contributed by atoms with Gasteiger partial charge in [0.1, 0.15) is 17.3 Å². The molecule has 0 radical (unpaired) electrons. The molecule has 0 spiro atoms. The number of nitrogens with zero attached hydrogens (tertiary/aromatic N) is 1. The number of nitrogens with two attached hydrogens (primary N) is 1. The van der Waals surface area contributed by atoms with E-state index in [-0.39, 0.29) is 17.1 Å². The van der Waals surface area contributed by atoms with Crippen LogP contribution in [-0.2, 0) is 5.92 Å². The number of aromatic nitrogens is 1. The number of amides is 1. The second-order valence-electron chi connectivity index (χ2n) is 4.45. The minimum Gasteiger partial charge on any atom is -0.365 e. The van der Waals surface area contributed by atoms with Gasteiger partial charge in [-0.3, -0.25) is 4.79 Å². The molecule has 0 bridgehead atoms. The van der Waals surface area contributed by atoms with Crippen LogP contribution in [0.3, 0.4) is 0 Å². The van der Waals surface area contributed by atoms with Crippen molar-refractivity contribution in [2.75, 3.05) is 5.32 Å². The predicted molar refractivity (Wildman–Crippen MR) is 72.0 cm³/mol. The highest BCUT2D eigenvalue weighted by Gasteiger charge is 2.27. The lowest BCUT2D eigenvalue weighted by Crippen LogP contribution is -2.17. The molecule has 1 heterocycles. The summed E-state index contributed by atoms with van der Waals surface area (Å²) < 4.78 is 40.2. The van der Waals surface area contributed by atoms with E-state index in [1.165, 1.54) is 18.2 Å². The van der Waals surface area contributed by atoms with Crippen LogP contribution in [0, 0.1) is 5.82 Å². The molecule has 110 valence electrons. The molecular formula is C14H12F3N3O. The summed E-state index contributed by atoms with van der Waals surface area (Å²) in [6, 6.07) is 7.73. The number of nitrogens with one attached hydrogen (secondary N) is 1. The zero-order valence-corrected chi connectivity index (χ0v) is 11.0. The van der Waals surface area contributed by atoms with E-state index in [2.05, 4.69) is 10.3 Å². The maximum Gasteiger partial charge on any atom is 0.287 e. The molecule has 4 nitrogen and oxygen atoms in total. The Bertz CT molecular complexity index is 683. The Hall–Kier alpha value is -2.57. The summed E-state index contributed by atoms with van der Waals surface area (Å²) in [4.78, 5) is 15.0. The van der Waals surface area contributed by atoms with Crippen LogP contribution >= 0.6 is 0 Å². The number of carbonyl (C=O) groups excluding carboxylic acids is 1. The maximum absolute atomic E-state index is 13.6. The predicted octanol–water partition coefficient (Wildman–Crippen LogP) is 3.17. The van der Waals surface area contributed by atoms with E-state index in [0.29, 0.717) is 6.92 Å². The Morgan fingerprint density at radius 1 is 1.24 bits per heavy atom. The molecule has 3 N–H and O–H groups in total. The first-order chi connectivity index (χ1) is 9.79. The second kappa shape index (κ2) is 5.43. The first-order valence-electron chi connectivity index (χ1n) is 5.99. The van der Waals surface area contributed by atoms with Crippen molar-refractivity contribution in [3.63, 3.8) is 0 Å². The fraction of sp³-hybridized carbons (Fsp3) is 0.143. The van der Waals surface area contributed by atoms with Gasteiger partial charge in [-0.2, -0.15) is 8.78 Å². The first kappa shape index (κ1) is 14.8. The van der Waals surface area contributed by atoms with Crippen molar-refractivity contribution >= 4 is 17.4 Å². The Labute approximate surface area is 118 Å². The van der Waals surface area contributed by atoms with E-state index in [0.717, 1.165) is 12.1 Å². The third-order valence-corrected chi connectivity index (χ3v) is 2.74. The normalized spacial score (nSPS) is 11.2. The van der Waals surface area contributed by atoms with Crippen molar-refractivity contribution in [2.24, 2.45) is 5.73 Å². The number of para-hydroxylation sites is 1. The van der Waals surface area contributed by atoms with Gasteiger partial charge in [0.05, 0.1) is 11.3 Å². The average Bonchev–Trinajstić information content (AvgIpc) is 2.40. The third-order valence-electron chi connectivity index (χ3n) is 2.74. The van der Waals surface area contributed by atoms with Gasteiger partial charge in [-0.15, -0.1) is 0 Å². The average molecular weight is 295 g/mol. The minimum absolute atomic E-state index is 0.00377. The minimum atomic E-state index is -3.19. The Kier molecular flexibility index (Phi) is 3.84. The van der Waals surface area contributed by atoms with E-state index in [9.17, 15) is 18.0 Å². The quantitative estimate of drug-likeness (QED) is 0.910. The topological polar surface area (TPSA) is 68.0 Å². The third kappa shape index (κ3) is 3.31. The van der Waals surface area contributed by atoms with Gasteiger partial charge >= 0.3 is 0 Å². The summed E-state index contributed by atoms with van der Waals surface area (Å²) in [5.41, 5.74) is 4.51. The molecule has 0 aliphatic carbocycles. The number of primary amides is 1. The van der Waals surface area contributed by atoms with Crippen molar-refractivity contribution in [3.05, 3.63) is 53.5 Å². The highest BCUT2D eigenvalue weighted by molar-refractivity contribution is 5.98. The Morgan fingerprint density at radius 3 is 2.48 bits per heavy atom. The number of hydrogen-bond acceptors (Lipinski definition) is 3. The summed E-state index contributed by atoms with van der Waals surface area (Å²) in [5.74, 6) is -4.87. The van der Waals surface area contributed by atoms with E-state index in [4.69, 9.17) is 5.73 Å². The van der Waals surface area contributed by atoms with Crippen molar-refractivity contribution in [2.45, 2.75) is 12.8 Å². The Morgan fingerprint density at radius 2 is 1.90 bits per heavy atom. The molecule has 0 aliphatic heterocycles. The van der Waals surface area contributed by atoms with Crippen molar-refractivity contribution in [1.29, 1.82) is 0 Å². The van der Waals surface area contributed by atoms with Gasteiger partial charge in [0.25, 0.3) is 11.8 Å². The molecule has 2 aromatic rings. The molecule has 0 saturated heterocycles. The lowest BCUT2D eigenvalue weighted by molar-refractivity contribution is 0.0128. The fourth-order valence-corrected chi connectivity index (χ4v) is 1.69. The van der Waals surface area contributed by atoms with Gasteiger partial charge in [0.2, 0.25) is 0 Å². The largest absolute Gasteiger partial charge is 0.365 e. The SMILES string of the molecule is CC(F)(F)c1ccc(C(N)=O)c(Nc2ccccc2F)n1. The zero-order chi connectivity index (χ0) is 15.6. The van der Waals surface area contributed by atoms with Crippen molar-refractivity contribution in [1.82, 2.24) is 4.98 Å². The molecule has 0 fully saturated rings. The van der Waals surface area contributed by atoms with E-state index < -0.39 is 23.3 Å². The fourth-order valence-electron chi connectivity index (χ4n) is 1.69. The van der Waals surface area contributed by atoms with Crippen LogP contribution < -0.4 is 11.1 Å². The van der Waals surface area contributed by atoms with Crippen LogP contribution in [0.4, 0.5) is 24.7 Å². The smallest absolute Gasteiger partial charge is 0.287 e. The number of alkyl halides is 2. The lowest BCUT2D eigenvalue weighted by atomic mass is 10.1. The molecule has 1 aromatic heterocycles. The first-order valence-corrected chi connectivity index (χ1v) is 5.99. The number of carbonyl (C=O) groups is 1. The van der Waals surface area contributed by atoms with E-state index in [1.54, 1.807) is 6.07 Å². The van der Waals surface area contributed by atoms with Crippen LogP contribution in [0.5, 0.6) is 0 Å². The van der Waals surface area contributed by atoms with Crippen LogP contribution in [-0.4, -0.2) is 10.9 Å². The molecule has 0 atom stereocenters. The van der Waals surface area contributed by atoms with Crippen LogP contribution in [0.1, 0.15) is 23.0 Å². The molecule has 0 unspecified atom stereocenters. The number of pyridine rings is 1. The van der Waals surface area contributed by atoms with Gasteiger partial charge < -0.3 is 11.1 Å². The number of hydrogen-bond donors (Lipinski definition) is 2. The van der Waals surface area contributed by atoms with E-state index in [1.807, 2.05) is 0 Å². The van der Waals surface area contributed by atoms with Crippen molar-refractivity contribution in [3.8, 4) is 0 Å². The number of rotatable bonds is 4. The maximum atomic E-state index is 13.6. The summed E-state index contributed by atoms with van der Waals surface area (Å²) >= 11 is 0. The molecule has 1 amide bonds. The number of halogens is 3. The molecule has 1 aromatic carbocycles. The lowest BCUT2D eigenvalue weighted by Gasteiger charge is -2.14. The number of benzene rings is 1. The van der Waals surface area contributed by atoms with Crippen LogP contribution in [0.25, 0.3) is 0 Å². The van der Waals surface area contributed by atoms with Crippen LogP contribution in [0.2, 0.25) is 0 Å². The molecule has 7 heteroatoms. The molecule has 0 saturated carbocycles. The van der Waals surface area contributed by atoms with Crippen molar-refractivity contribution < 1.29 is 18.0 Å². The summed E-state index contributed by atoms with van der Waals surface area (Å²) in [5, 5.41) is 2.51. The summed E-state index contributed by atoms with van der Waals surface area (Å²) in [6.45, 7) is 0.673. The molecule has 2 rings (SSSR count). The highest BCUT2D eigenvalue weighted by atomic mass is 19.3. The molecular weight excluding hydrogens is 283 g/mol. The van der Waals surface area contributed by atoms with Gasteiger partial charge in [-0.05, 0) is 24.3 Å². The highest BCUT2D eigenvalue weighted by Crippen LogP contribution is 2.29.